The Morgan fingerprint density at radius 3 is 3.00 bits per heavy atom. The minimum absolute atomic E-state index is 0.269. The first-order valence-electron chi connectivity index (χ1n) is 5.31. The molecule has 2 N–H and O–H groups in total. The van der Waals surface area contributed by atoms with Gasteiger partial charge in [-0.25, -0.2) is 4.98 Å². The minimum atomic E-state index is 0.269. The predicted molar refractivity (Wildman–Crippen MR) is 81.0 cm³/mol. The van der Waals surface area contributed by atoms with Crippen molar-refractivity contribution < 1.29 is 0 Å². The molecule has 2 aromatic rings. The summed E-state index contributed by atoms with van der Waals surface area (Å²) >= 11 is 5.88. The van der Waals surface area contributed by atoms with E-state index in [1.807, 2.05) is 13.2 Å². The number of halogens is 2. The normalized spacial score (nSPS) is 12.6. The molecule has 0 fully saturated rings. The molecule has 0 radical (unpaired) electrons. The van der Waals surface area contributed by atoms with Crippen molar-refractivity contribution in [2.24, 2.45) is 0 Å². The highest BCUT2D eigenvalue weighted by molar-refractivity contribution is 14.1. The number of hydrogen-bond donors (Lipinski definition) is 2. The van der Waals surface area contributed by atoms with E-state index in [4.69, 9.17) is 0 Å². The first kappa shape index (κ1) is 13.0. The van der Waals surface area contributed by atoms with Crippen LogP contribution in [0.15, 0.2) is 35.1 Å². The third-order valence-corrected chi connectivity index (χ3v) is 4.11. The first-order chi connectivity index (χ1) is 8.20. The molecule has 0 amide bonds. The lowest BCUT2D eigenvalue weighted by Gasteiger charge is -2.17. The standard InChI is InChI=1S/C12H13BrIN3/c1-15-11(7-12-16-4-5-17-12)9-6-8(13)2-3-10(9)14/h2-6,11,15H,7H2,1H3,(H,16,17). The number of imidazole rings is 1. The molecule has 17 heavy (non-hydrogen) atoms. The molecule has 0 aliphatic rings. The summed E-state index contributed by atoms with van der Waals surface area (Å²) < 4.78 is 2.37. The van der Waals surface area contributed by atoms with E-state index in [1.54, 1.807) is 6.20 Å². The molecule has 1 aromatic carbocycles. The molecule has 1 unspecified atom stereocenters. The number of nitrogens with zero attached hydrogens (tertiary/aromatic N) is 1. The van der Waals surface area contributed by atoms with Gasteiger partial charge in [0.2, 0.25) is 0 Å². The van der Waals surface area contributed by atoms with E-state index in [9.17, 15) is 0 Å². The Morgan fingerprint density at radius 2 is 2.35 bits per heavy atom. The van der Waals surface area contributed by atoms with E-state index in [0.29, 0.717) is 0 Å². The van der Waals surface area contributed by atoms with Crippen molar-refractivity contribution in [3.8, 4) is 0 Å². The zero-order valence-corrected chi connectivity index (χ0v) is 13.1. The SMILES string of the molecule is CNC(Cc1ncc[nH]1)c1cc(Br)ccc1I. The van der Waals surface area contributed by atoms with E-state index >= 15 is 0 Å². The van der Waals surface area contributed by atoms with Gasteiger partial charge in [-0.3, -0.25) is 0 Å². The third-order valence-electron chi connectivity index (χ3n) is 2.63. The summed E-state index contributed by atoms with van der Waals surface area (Å²) in [7, 11) is 1.98. The van der Waals surface area contributed by atoms with Crippen LogP contribution in [0.2, 0.25) is 0 Å². The summed E-state index contributed by atoms with van der Waals surface area (Å²) in [6, 6.07) is 6.61. The second-order valence-corrected chi connectivity index (χ2v) is 5.82. The lowest BCUT2D eigenvalue weighted by molar-refractivity contribution is 0.575. The molecule has 0 spiro atoms. The van der Waals surface area contributed by atoms with Crippen molar-refractivity contribution in [2.45, 2.75) is 12.5 Å². The van der Waals surface area contributed by atoms with E-state index in [2.05, 4.69) is 72.0 Å². The fraction of sp³-hybridized carbons (Fsp3) is 0.250. The highest BCUT2D eigenvalue weighted by atomic mass is 127. The quantitative estimate of drug-likeness (QED) is 0.766. The van der Waals surface area contributed by atoms with Crippen LogP contribution in [0.3, 0.4) is 0 Å². The fourth-order valence-corrected chi connectivity index (χ4v) is 2.84. The highest BCUT2D eigenvalue weighted by Crippen LogP contribution is 2.25. The van der Waals surface area contributed by atoms with Gasteiger partial charge in [-0.1, -0.05) is 15.9 Å². The Labute approximate surface area is 123 Å². The Balaban J connectivity index is 2.25. The molecule has 1 atom stereocenters. The number of likely N-dealkylation sites (N-methyl/N-ethyl adjacent to an activating group) is 1. The Morgan fingerprint density at radius 1 is 1.53 bits per heavy atom. The molecule has 0 aliphatic carbocycles. The smallest absolute Gasteiger partial charge is 0.107 e. The minimum Gasteiger partial charge on any atom is -0.349 e. The van der Waals surface area contributed by atoms with Gasteiger partial charge < -0.3 is 10.3 Å². The monoisotopic (exact) mass is 405 g/mol. The topological polar surface area (TPSA) is 40.7 Å². The summed E-state index contributed by atoms with van der Waals surface area (Å²) in [6.07, 6.45) is 4.50. The fourth-order valence-electron chi connectivity index (χ4n) is 1.75. The van der Waals surface area contributed by atoms with Gasteiger partial charge >= 0.3 is 0 Å². The summed E-state index contributed by atoms with van der Waals surface area (Å²) in [5.41, 5.74) is 1.29. The van der Waals surface area contributed by atoms with Crippen LogP contribution in [0.5, 0.6) is 0 Å². The van der Waals surface area contributed by atoms with Gasteiger partial charge in [0.15, 0.2) is 0 Å². The third kappa shape index (κ3) is 3.29. The van der Waals surface area contributed by atoms with Gasteiger partial charge in [0.25, 0.3) is 0 Å². The number of rotatable bonds is 4. The van der Waals surface area contributed by atoms with Crippen molar-refractivity contribution in [1.82, 2.24) is 15.3 Å². The van der Waals surface area contributed by atoms with E-state index < -0.39 is 0 Å². The second-order valence-electron chi connectivity index (χ2n) is 3.75. The van der Waals surface area contributed by atoms with Crippen LogP contribution in [-0.2, 0) is 6.42 Å². The van der Waals surface area contributed by atoms with Crippen LogP contribution in [-0.4, -0.2) is 17.0 Å². The number of aromatic nitrogens is 2. The van der Waals surface area contributed by atoms with Crippen molar-refractivity contribution in [3.05, 3.63) is 50.0 Å². The van der Waals surface area contributed by atoms with Crippen LogP contribution in [0.4, 0.5) is 0 Å². The molecule has 90 valence electrons. The molecular formula is C12H13BrIN3. The van der Waals surface area contributed by atoms with Crippen molar-refractivity contribution in [1.29, 1.82) is 0 Å². The lowest BCUT2D eigenvalue weighted by atomic mass is 10.0. The van der Waals surface area contributed by atoms with Crippen LogP contribution < -0.4 is 5.32 Å². The summed E-state index contributed by atoms with van der Waals surface area (Å²) in [4.78, 5) is 7.41. The average molecular weight is 406 g/mol. The number of hydrogen-bond acceptors (Lipinski definition) is 2. The van der Waals surface area contributed by atoms with E-state index in [0.717, 1.165) is 16.7 Å². The van der Waals surface area contributed by atoms with Gasteiger partial charge in [-0.2, -0.15) is 0 Å². The van der Waals surface area contributed by atoms with Gasteiger partial charge in [-0.05, 0) is 53.4 Å². The molecule has 3 nitrogen and oxygen atoms in total. The maximum Gasteiger partial charge on any atom is 0.107 e. The zero-order chi connectivity index (χ0) is 12.3. The van der Waals surface area contributed by atoms with Gasteiger partial charge in [0, 0.05) is 32.9 Å². The number of nitrogens with one attached hydrogen (secondary N) is 2. The van der Waals surface area contributed by atoms with Crippen molar-refractivity contribution in [3.63, 3.8) is 0 Å². The van der Waals surface area contributed by atoms with Crippen molar-refractivity contribution >= 4 is 38.5 Å². The molecular weight excluding hydrogens is 393 g/mol. The first-order valence-corrected chi connectivity index (χ1v) is 7.18. The molecule has 0 saturated carbocycles. The Bertz CT molecular complexity index is 485. The Kier molecular flexibility index (Phi) is 4.58. The van der Waals surface area contributed by atoms with E-state index in [1.165, 1.54) is 9.13 Å². The summed E-state index contributed by atoms with van der Waals surface area (Å²) in [5.74, 6) is 1.00. The second kappa shape index (κ2) is 5.97. The molecule has 0 aliphatic heterocycles. The molecule has 1 aromatic heterocycles. The molecule has 2 rings (SSSR count). The average Bonchev–Trinajstić information content (AvgIpc) is 2.82. The predicted octanol–water partition coefficient (Wildman–Crippen LogP) is 3.28. The van der Waals surface area contributed by atoms with Crippen LogP contribution >= 0.6 is 38.5 Å². The van der Waals surface area contributed by atoms with Crippen molar-refractivity contribution in [2.75, 3.05) is 7.05 Å². The van der Waals surface area contributed by atoms with Gasteiger partial charge in [0.05, 0.1) is 0 Å². The highest BCUT2D eigenvalue weighted by Gasteiger charge is 2.14. The molecule has 5 heteroatoms. The maximum absolute atomic E-state index is 4.27. The number of benzene rings is 1. The maximum atomic E-state index is 4.27. The zero-order valence-electron chi connectivity index (χ0n) is 9.37. The Hall–Kier alpha value is -0.400. The summed E-state index contributed by atoms with van der Waals surface area (Å²) in [5, 5.41) is 3.34. The number of H-pyrrole nitrogens is 1. The molecule has 0 saturated heterocycles. The molecule has 1 heterocycles. The van der Waals surface area contributed by atoms with Crippen LogP contribution in [0.1, 0.15) is 17.4 Å². The largest absolute Gasteiger partial charge is 0.349 e. The van der Waals surface area contributed by atoms with E-state index in [-0.39, 0.29) is 6.04 Å². The molecule has 0 bridgehead atoms. The van der Waals surface area contributed by atoms with Crippen LogP contribution in [0.25, 0.3) is 0 Å². The number of aromatic amines is 1. The van der Waals surface area contributed by atoms with Crippen LogP contribution in [0, 0.1) is 3.57 Å². The lowest BCUT2D eigenvalue weighted by Crippen LogP contribution is -2.20. The van der Waals surface area contributed by atoms with Gasteiger partial charge in [0.1, 0.15) is 5.82 Å². The summed E-state index contributed by atoms with van der Waals surface area (Å²) in [6.45, 7) is 0. The van der Waals surface area contributed by atoms with Gasteiger partial charge in [-0.15, -0.1) is 0 Å².